The van der Waals surface area contributed by atoms with E-state index in [2.05, 4.69) is 34.6 Å². The standard InChI is InChI=1S/C18H27N5O/c1-12(2)10-23-17(20-11-21-23)9-19-15-7-6-14(5)16(8-15)18(24)22-13(3)4/h6-8,11-13,19H,9-10H2,1-5H3,(H,22,24). The van der Waals surface area contributed by atoms with Crippen LogP contribution in [0.3, 0.4) is 0 Å². The summed E-state index contributed by atoms with van der Waals surface area (Å²) in [5.74, 6) is 1.35. The molecule has 24 heavy (non-hydrogen) atoms. The first-order chi connectivity index (χ1) is 11.4. The summed E-state index contributed by atoms with van der Waals surface area (Å²) in [4.78, 5) is 16.6. The molecule has 6 heteroatoms. The van der Waals surface area contributed by atoms with Crippen LogP contribution in [0.4, 0.5) is 5.69 Å². The Balaban J connectivity index is 2.08. The zero-order chi connectivity index (χ0) is 17.7. The quantitative estimate of drug-likeness (QED) is 0.819. The number of aromatic nitrogens is 3. The third-order valence-electron chi connectivity index (χ3n) is 3.59. The van der Waals surface area contributed by atoms with E-state index >= 15 is 0 Å². The molecule has 1 heterocycles. The van der Waals surface area contributed by atoms with E-state index in [1.807, 2.05) is 43.7 Å². The molecule has 0 saturated carbocycles. The van der Waals surface area contributed by atoms with Gasteiger partial charge in [0.2, 0.25) is 0 Å². The van der Waals surface area contributed by atoms with Gasteiger partial charge in [0.05, 0.1) is 6.54 Å². The first-order valence-electron chi connectivity index (χ1n) is 8.39. The smallest absolute Gasteiger partial charge is 0.251 e. The Kier molecular flexibility index (Phi) is 5.95. The maximum absolute atomic E-state index is 12.3. The molecule has 130 valence electrons. The average molecular weight is 329 g/mol. The summed E-state index contributed by atoms with van der Waals surface area (Å²) in [6.07, 6.45) is 1.58. The molecule has 0 aliphatic carbocycles. The van der Waals surface area contributed by atoms with Crippen molar-refractivity contribution in [2.75, 3.05) is 5.32 Å². The lowest BCUT2D eigenvalue weighted by atomic mass is 10.1. The minimum absolute atomic E-state index is 0.0471. The van der Waals surface area contributed by atoms with Crippen molar-refractivity contribution in [2.45, 2.75) is 53.8 Å². The fraction of sp³-hybridized carbons (Fsp3) is 0.500. The van der Waals surface area contributed by atoms with Crippen molar-refractivity contribution in [3.63, 3.8) is 0 Å². The zero-order valence-electron chi connectivity index (χ0n) is 15.1. The number of nitrogens with one attached hydrogen (secondary N) is 2. The van der Waals surface area contributed by atoms with E-state index in [1.165, 1.54) is 0 Å². The van der Waals surface area contributed by atoms with Crippen molar-refractivity contribution >= 4 is 11.6 Å². The Morgan fingerprint density at radius 3 is 2.67 bits per heavy atom. The summed E-state index contributed by atoms with van der Waals surface area (Å²) < 4.78 is 1.91. The minimum Gasteiger partial charge on any atom is -0.378 e. The first-order valence-corrected chi connectivity index (χ1v) is 8.39. The van der Waals surface area contributed by atoms with Gasteiger partial charge in [0.25, 0.3) is 5.91 Å². The van der Waals surface area contributed by atoms with Crippen molar-refractivity contribution in [2.24, 2.45) is 5.92 Å². The van der Waals surface area contributed by atoms with E-state index in [4.69, 9.17) is 0 Å². The van der Waals surface area contributed by atoms with Gasteiger partial charge >= 0.3 is 0 Å². The summed E-state index contributed by atoms with van der Waals surface area (Å²) in [5.41, 5.74) is 2.55. The highest BCUT2D eigenvalue weighted by Crippen LogP contribution is 2.16. The van der Waals surface area contributed by atoms with Crippen molar-refractivity contribution in [1.29, 1.82) is 0 Å². The number of benzene rings is 1. The fourth-order valence-electron chi connectivity index (χ4n) is 2.42. The molecule has 6 nitrogen and oxygen atoms in total. The maximum atomic E-state index is 12.3. The Labute approximate surface area is 143 Å². The van der Waals surface area contributed by atoms with Crippen LogP contribution in [0.2, 0.25) is 0 Å². The Morgan fingerprint density at radius 1 is 1.25 bits per heavy atom. The van der Waals surface area contributed by atoms with Crippen LogP contribution in [0.25, 0.3) is 0 Å². The highest BCUT2D eigenvalue weighted by atomic mass is 16.1. The Morgan fingerprint density at radius 2 is 2.00 bits per heavy atom. The van der Waals surface area contributed by atoms with Gasteiger partial charge in [0.15, 0.2) is 0 Å². The molecule has 2 aromatic rings. The normalized spacial score (nSPS) is 11.1. The second kappa shape index (κ2) is 7.95. The number of carbonyl (C=O) groups is 1. The number of anilines is 1. The molecular weight excluding hydrogens is 302 g/mol. The van der Waals surface area contributed by atoms with Crippen molar-refractivity contribution in [1.82, 2.24) is 20.1 Å². The van der Waals surface area contributed by atoms with Gasteiger partial charge in [0, 0.05) is 23.8 Å². The van der Waals surface area contributed by atoms with Gasteiger partial charge in [-0.2, -0.15) is 5.10 Å². The molecule has 1 aromatic carbocycles. The predicted octanol–water partition coefficient (Wildman–Crippen LogP) is 2.99. The van der Waals surface area contributed by atoms with Gasteiger partial charge < -0.3 is 10.6 Å². The molecule has 0 radical (unpaired) electrons. The van der Waals surface area contributed by atoms with E-state index in [0.717, 1.165) is 23.6 Å². The van der Waals surface area contributed by atoms with Crippen molar-refractivity contribution in [3.8, 4) is 0 Å². The minimum atomic E-state index is -0.0471. The van der Waals surface area contributed by atoms with Crippen LogP contribution in [0, 0.1) is 12.8 Å². The van der Waals surface area contributed by atoms with Gasteiger partial charge in [-0.1, -0.05) is 19.9 Å². The van der Waals surface area contributed by atoms with Crippen LogP contribution in [0.1, 0.15) is 49.4 Å². The van der Waals surface area contributed by atoms with Crippen LogP contribution in [-0.4, -0.2) is 26.7 Å². The van der Waals surface area contributed by atoms with E-state index in [0.29, 0.717) is 18.0 Å². The Bertz CT molecular complexity index is 690. The van der Waals surface area contributed by atoms with Crippen LogP contribution in [0.5, 0.6) is 0 Å². The molecule has 0 spiro atoms. The number of hydrogen-bond acceptors (Lipinski definition) is 4. The molecule has 0 saturated heterocycles. The van der Waals surface area contributed by atoms with Crippen LogP contribution < -0.4 is 10.6 Å². The molecule has 0 atom stereocenters. The number of carbonyl (C=O) groups excluding carboxylic acids is 1. The summed E-state index contributed by atoms with van der Waals surface area (Å²) in [5, 5.41) is 10.5. The molecule has 1 aromatic heterocycles. The van der Waals surface area contributed by atoms with Gasteiger partial charge in [-0.15, -0.1) is 0 Å². The van der Waals surface area contributed by atoms with E-state index in [1.54, 1.807) is 6.33 Å². The zero-order valence-corrected chi connectivity index (χ0v) is 15.1. The van der Waals surface area contributed by atoms with Crippen LogP contribution in [0.15, 0.2) is 24.5 Å². The molecular formula is C18H27N5O. The summed E-state index contributed by atoms with van der Waals surface area (Å²) in [6.45, 7) is 11.6. The molecule has 0 bridgehead atoms. The molecule has 0 unspecified atom stereocenters. The predicted molar refractivity (Wildman–Crippen MR) is 96.0 cm³/mol. The second-order valence-electron chi connectivity index (χ2n) is 6.76. The summed E-state index contributed by atoms with van der Waals surface area (Å²) in [7, 11) is 0. The van der Waals surface area contributed by atoms with E-state index in [-0.39, 0.29) is 11.9 Å². The molecule has 0 aliphatic rings. The molecule has 1 amide bonds. The first kappa shape index (κ1) is 18.0. The number of rotatable bonds is 7. The van der Waals surface area contributed by atoms with Gasteiger partial charge in [-0.05, 0) is 44.4 Å². The third kappa shape index (κ3) is 4.81. The monoisotopic (exact) mass is 329 g/mol. The SMILES string of the molecule is Cc1ccc(NCc2ncnn2CC(C)C)cc1C(=O)NC(C)C. The third-order valence-corrected chi connectivity index (χ3v) is 3.59. The van der Waals surface area contributed by atoms with Gasteiger partial charge in [0.1, 0.15) is 12.2 Å². The fourth-order valence-corrected chi connectivity index (χ4v) is 2.42. The van der Waals surface area contributed by atoms with Crippen molar-refractivity contribution < 1.29 is 4.79 Å². The lowest BCUT2D eigenvalue weighted by molar-refractivity contribution is 0.0942. The van der Waals surface area contributed by atoms with Crippen LogP contribution >= 0.6 is 0 Å². The largest absolute Gasteiger partial charge is 0.378 e. The molecule has 0 aliphatic heterocycles. The lowest BCUT2D eigenvalue weighted by Gasteiger charge is -2.13. The topological polar surface area (TPSA) is 71.8 Å². The van der Waals surface area contributed by atoms with Crippen LogP contribution in [-0.2, 0) is 13.1 Å². The van der Waals surface area contributed by atoms with Gasteiger partial charge in [-0.25, -0.2) is 9.67 Å². The molecule has 2 rings (SSSR count). The molecule has 2 N–H and O–H groups in total. The second-order valence-corrected chi connectivity index (χ2v) is 6.76. The van der Waals surface area contributed by atoms with E-state index < -0.39 is 0 Å². The number of aryl methyl sites for hydroxylation is 1. The van der Waals surface area contributed by atoms with Crippen molar-refractivity contribution in [3.05, 3.63) is 41.5 Å². The summed E-state index contributed by atoms with van der Waals surface area (Å²) >= 11 is 0. The van der Waals surface area contributed by atoms with E-state index in [9.17, 15) is 4.79 Å². The Hall–Kier alpha value is -2.37. The molecule has 0 fully saturated rings. The summed E-state index contributed by atoms with van der Waals surface area (Å²) in [6, 6.07) is 5.93. The number of hydrogen-bond donors (Lipinski definition) is 2. The number of amides is 1. The lowest BCUT2D eigenvalue weighted by Crippen LogP contribution is -2.30. The number of nitrogens with zero attached hydrogens (tertiary/aromatic N) is 3. The highest BCUT2D eigenvalue weighted by molar-refractivity contribution is 5.96. The average Bonchev–Trinajstić information content (AvgIpc) is 2.92. The van der Waals surface area contributed by atoms with Gasteiger partial charge in [-0.3, -0.25) is 4.79 Å². The maximum Gasteiger partial charge on any atom is 0.251 e. The highest BCUT2D eigenvalue weighted by Gasteiger charge is 2.11.